The quantitative estimate of drug-likeness (QED) is 0.568. The third-order valence-corrected chi connectivity index (χ3v) is 5.59. The first-order valence-electron chi connectivity index (χ1n) is 9.93. The Hall–Kier alpha value is -3.20. The fourth-order valence-electron chi connectivity index (χ4n) is 3.64. The summed E-state index contributed by atoms with van der Waals surface area (Å²) in [4.78, 5) is 31.5. The van der Waals surface area contributed by atoms with Crippen LogP contribution in [0.3, 0.4) is 0 Å². The molecule has 168 valence electrons. The van der Waals surface area contributed by atoms with Gasteiger partial charge in [-0.1, -0.05) is 11.6 Å². The van der Waals surface area contributed by atoms with Gasteiger partial charge in [-0.3, -0.25) is 4.79 Å². The number of rotatable bonds is 3. The van der Waals surface area contributed by atoms with Crippen molar-refractivity contribution < 1.29 is 22.8 Å². The van der Waals surface area contributed by atoms with Gasteiger partial charge in [0.05, 0.1) is 5.56 Å². The molecule has 4 rings (SSSR count). The number of hydrogen-bond acceptors (Lipinski definition) is 2. The second kappa shape index (κ2) is 8.38. The van der Waals surface area contributed by atoms with E-state index >= 15 is 0 Å². The van der Waals surface area contributed by atoms with Gasteiger partial charge in [-0.2, -0.15) is 0 Å². The van der Waals surface area contributed by atoms with E-state index in [1.807, 2.05) is 0 Å². The number of halogens is 4. The summed E-state index contributed by atoms with van der Waals surface area (Å²) < 4.78 is 40.7. The number of hydrogen-bond donors (Lipinski definition) is 2. The minimum absolute atomic E-state index is 0.0724. The maximum atomic E-state index is 13.7. The van der Waals surface area contributed by atoms with Crippen LogP contribution in [0, 0.1) is 5.82 Å². The molecule has 1 aliphatic heterocycles. The van der Waals surface area contributed by atoms with Crippen LogP contribution in [0.25, 0.3) is 10.9 Å². The Kier molecular flexibility index (Phi) is 5.77. The van der Waals surface area contributed by atoms with Crippen molar-refractivity contribution in [3.05, 3.63) is 64.6 Å². The van der Waals surface area contributed by atoms with Gasteiger partial charge in [0.2, 0.25) is 0 Å². The Labute approximate surface area is 186 Å². The highest BCUT2D eigenvalue weighted by Gasteiger charge is 2.29. The van der Waals surface area contributed by atoms with Gasteiger partial charge in [-0.15, -0.1) is 0 Å². The van der Waals surface area contributed by atoms with E-state index in [4.69, 9.17) is 11.6 Å². The molecule has 0 unspecified atom stereocenters. The molecule has 1 aliphatic rings. The molecular weight excluding hydrogens is 445 g/mol. The van der Waals surface area contributed by atoms with Crippen LogP contribution in [0.15, 0.2) is 42.5 Å². The van der Waals surface area contributed by atoms with Gasteiger partial charge in [-0.05, 0) is 42.5 Å². The molecule has 3 aromatic rings. The number of carbonyl (C=O) groups is 2. The SMILES string of the molecule is CC(F)(F)c1cc(NC(=O)N2CCN(C(=O)c3cc4cc(Cl)ccc4[nH]3)CC2)ccc1F. The predicted octanol–water partition coefficient (Wildman–Crippen LogP) is 5.06. The van der Waals surface area contributed by atoms with Crippen molar-refractivity contribution in [3.63, 3.8) is 0 Å². The van der Waals surface area contributed by atoms with E-state index in [1.54, 1.807) is 29.2 Å². The van der Waals surface area contributed by atoms with Crippen molar-refractivity contribution in [2.45, 2.75) is 12.8 Å². The second-order valence-electron chi connectivity index (χ2n) is 7.71. The van der Waals surface area contributed by atoms with Gasteiger partial charge in [0.15, 0.2) is 0 Å². The summed E-state index contributed by atoms with van der Waals surface area (Å²) in [5.41, 5.74) is 0.514. The minimum atomic E-state index is -3.37. The molecule has 2 N–H and O–H groups in total. The van der Waals surface area contributed by atoms with Gasteiger partial charge in [0.25, 0.3) is 11.8 Å². The summed E-state index contributed by atoms with van der Waals surface area (Å²) in [6.45, 7) is 1.74. The fourth-order valence-corrected chi connectivity index (χ4v) is 3.82. The number of amides is 3. The molecule has 0 spiro atoms. The van der Waals surface area contributed by atoms with Crippen molar-refractivity contribution in [2.75, 3.05) is 31.5 Å². The summed E-state index contributed by atoms with van der Waals surface area (Å²) >= 11 is 5.99. The number of piperazine rings is 1. The number of H-pyrrole nitrogens is 1. The van der Waals surface area contributed by atoms with Crippen LogP contribution in [0.4, 0.5) is 23.7 Å². The van der Waals surface area contributed by atoms with Crippen LogP contribution in [0.5, 0.6) is 0 Å². The van der Waals surface area contributed by atoms with Crippen LogP contribution in [0.2, 0.25) is 5.02 Å². The molecule has 1 aromatic heterocycles. The van der Waals surface area contributed by atoms with Gasteiger partial charge >= 0.3 is 6.03 Å². The Morgan fingerprint density at radius 1 is 1.03 bits per heavy atom. The average molecular weight is 465 g/mol. The van der Waals surface area contributed by atoms with Crippen molar-refractivity contribution in [2.24, 2.45) is 0 Å². The molecule has 0 bridgehead atoms. The van der Waals surface area contributed by atoms with Crippen LogP contribution in [-0.4, -0.2) is 52.9 Å². The number of aromatic amines is 1. The van der Waals surface area contributed by atoms with Crippen LogP contribution < -0.4 is 5.32 Å². The Balaban J connectivity index is 1.38. The van der Waals surface area contributed by atoms with E-state index in [9.17, 15) is 22.8 Å². The summed E-state index contributed by atoms with van der Waals surface area (Å²) in [6, 6.07) is 9.57. The highest BCUT2D eigenvalue weighted by atomic mass is 35.5. The smallest absolute Gasteiger partial charge is 0.321 e. The van der Waals surface area contributed by atoms with Crippen molar-refractivity contribution in [3.8, 4) is 0 Å². The molecule has 0 radical (unpaired) electrons. The van der Waals surface area contributed by atoms with E-state index < -0.39 is 23.3 Å². The maximum Gasteiger partial charge on any atom is 0.321 e. The molecular formula is C22H20ClF3N4O2. The summed E-state index contributed by atoms with van der Waals surface area (Å²) in [6.07, 6.45) is 0. The normalized spacial score (nSPS) is 14.7. The van der Waals surface area contributed by atoms with Gasteiger partial charge < -0.3 is 20.1 Å². The number of aromatic nitrogens is 1. The van der Waals surface area contributed by atoms with Gasteiger partial charge in [0.1, 0.15) is 11.5 Å². The molecule has 2 aromatic carbocycles. The fraction of sp³-hybridized carbons (Fsp3) is 0.273. The number of urea groups is 1. The van der Waals surface area contributed by atoms with E-state index in [0.717, 1.165) is 23.0 Å². The van der Waals surface area contributed by atoms with Crippen LogP contribution in [-0.2, 0) is 5.92 Å². The van der Waals surface area contributed by atoms with E-state index in [1.165, 1.54) is 11.0 Å². The Morgan fingerprint density at radius 3 is 2.41 bits per heavy atom. The number of carbonyl (C=O) groups excluding carboxylic acids is 2. The lowest BCUT2D eigenvalue weighted by molar-refractivity contribution is 0.0138. The Bertz CT molecular complexity index is 1180. The van der Waals surface area contributed by atoms with Crippen LogP contribution in [0.1, 0.15) is 23.0 Å². The number of anilines is 1. The third kappa shape index (κ3) is 4.52. The monoisotopic (exact) mass is 464 g/mol. The third-order valence-electron chi connectivity index (χ3n) is 5.36. The first-order chi connectivity index (χ1) is 15.1. The lowest BCUT2D eigenvalue weighted by atomic mass is 10.1. The van der Waals surface area contributed by atoms with Crippen molar-refractivity contribution >= 4 is 40.1 Å². The number of alkyl halides is 2. The molecule has 1 saturated heterocycles. The highest BCUT2D eigenvalue weighted by Crippen LogP contribution is 2.31. The van der Waals surface area contributed by atoms with E-state index in [-0.39, 0.29) is 24.7 Å². The number of nitrogens with zero attached hydrogens (tertiary/aromatic N) is 2. The zero-order chi connectivity index (χ0) is 23.0. The van der Waals surface area contributed by atoms with Crippen molar-refractivity contribution in [1.29, 1.82) is 0 Å². The summed E-state index contributed by atoms with van der Waals surface area (Å²) in [5.74, 6) is -4.60. The van der Waals surface area contributed by atoms with Gasteiger partial charge in [-0.25, -0.2) is 18.0 Å². The zero-order valence-electron chi connectivity index (χ0n) is 17.1. The molecule has 6 nitrogen and oxygen atoms in total. The first-order valence-corrected chi connectivity index (χ1v) is 10.3. The average Bonchev–Trinajstić information content (AvgIpc) is 3.17. The molecule has 2 heterocycles. The van der Waals surface area contributed by atoms with E-state index in [2.05, 4.69) is 10.3 Å². The van der Waals surface area contributed by atoms with Gasteiger partial charge in [0, 0.05) is 54.7 Å². The second-order valence-corrected chi connectivity index (χ2v) is 8.14. The molecule has 3 amide bonds. The number of fused-ring (bicyclic) bond motifs is 1. The number of benzene rings is 2. The summed E-state index contributed by atoms with van der Waals surface area (Å²) in [5, 5.41) is 3.92. The molecule has 0 atom stereocenters. The van der Waals surface area contributed by atoms with Crippen molar-refractivity contribution in [1.82, 2.24) is 14.8 Å². The van der Waals surface area contributed by atoms with E-state index in [0.29, 0.717) is 30.7 Å². The molecule has 10 heteroatoms. The highest BCUT2D eigenvalue weighted by molar-refractivity contribution is 6.31. The first kappa shape index (κ1) is 22.0. The summed E-state index contributed by atoms with van der Waals surface area (Å²) in [7, 11) is 0. The predicted molar refractivity (Wildman–Crippen MR) is 116 cm³/mol. The zero-order valence-corrected chi connectivity index (χ0v) is 17.8. The lowest BCUT2D eigenvalue weighted by Crippen LogP contribution is -2.51. The molecule has 0 saturated carbocycles. The topological polar surface area (TPSA) is 68.4 Å². The maximum absolute atomic E-state index is 13.7. The molecule has 0 aliphatic carbocycles. The standard InChI is InChI=1S/C22H20ClF3N4O2/c1-22(25,26)16-12-15(3-4-17(16)24)27-21(32)30-8-6-29(7-9-30)20(31)19-11-13-10-14(23)2-5-18(13)28-19/h2-5,10-12,28H,6-9H2,1H3,(H,27,32). The lowest BCUT2D eigenvalue weighted by Gasteiger charge is -2.34. The number of nitrogens with one attached hydrogen (secondary N) is 2. The molecule has 32 heavy (non-hydrogen) atoms. The minimum Gasteiger partial charge on any atom is -0.351 e. The van der Waals surface area contributed by atoms with Crippen LogP contribution >= 0.6 is 11.6 Å². The largest absolute Gasteiger partial charge is 0.351 e. The molecule has 1 fully saturated rings. The Morgan fingerprint density at radius 2 is 1.72 bits per heavy atom.